The number of nitrogens with one attached hydrogen (secondary N) is 1. The van der Waals surface area contributed by atoms with E-state index in [1.165, 1.54) is 19.4 Å². The summed E-state index contributed by atoms with van der Waals surface area (Å²) < 4.78 is 0. The molecule has 0 aromatic carbocycles. The summed E-state index contributed by atoms with van der Waals surface area (Å²) in [6.07, 6.45) is 3.49. The Morgan fingerprint density at radius 1 is 1.62 bits per heavy atom. The zero-order valence-electron chi connectivity index (χ0n) is 10.7. The van der Waals surface area contributed by atoms with Crippen LogP contribution in [0.1, 0.15) is 19.3 Å². The van der Waals surface area contributed by atoms with Gasteiger partial charge in [0.05, 0.1) is 12.1 Å². The third-order valence-electron chi connectivity index (χ3n) is 3.50. The monoisotopic (exact) mass is 224 g/mol. The van der Waals surface area contributed by atoms with Gasteiger partial charge in [-0.1, -0.05) is 0 Å². The van der Waals surface area contributed by atoms with Crippen molar-refractivity contribution in [3.8, 4) is 6.07 Å². The van der Waals surface area contributed by atoms with E-state index in [1.807, 2.05) is 7.05 Å². The van der Waals surface area contributed by atoms with Crippen LogP contribution in [0.4, 0.5) is 0 Å². The number of likely N-dealkylation sites (N-methyl/N-ethyl adjacent to an activating group) is 2. The summed E-state index contributed by atoms with van der Waals surface area (Å²) in [6, 6.07) is 2.92. The number of nitriles is 1. The van der Waals surface area contributed by atoms with E-state index in [2.05, 4.69) is 35.3 Å². The smallest absolute Gasteiger partial charge is 0.0962 e. The Hall–Kier alpha value is -0.630. The van der Waals surface area contributed by atoms with Crippen molar-refractivity contribution < 1.29 is 0 Å². The van der Waals surface area contributed by atoms with Crippen LogP contribution in [0, 0.1) is 11.3 Å². The maximum absolute atomic E-state index is 8.85. The van der Waals surface area contributed by atoms with Crippen LogP contribution in [0.3, 0.4) is 0 Å². The van der Waals surface area contributed by atoms with Crippen LogP contribution in [0.15, 0.2) is 0 Å². The van der Waals surface area contributed by atoms with E-state index in [9.17, 15) is 0 Å². The van der Waals surface area contributed by atoms with Gasteiger partial charge in [0.25, 0.3) is 0 Å². The van der Waals surface area contributed by atoms with Crippen LogP contribution in [0.5, 0.6) is 0 Å². The summed E-state index contributed by atoms with van der Waals surface area (Å²) in [5.41, 5.74) is 0. The summed E-state index contributed by atoms with van der Waals surface area (Å²) in [6.45, 7) is 3.38. The van der Waals surface area contributed by atoms with Gasteiger partial charge in [-0.05, 0) is 47.0 Å². The number of rotatable bonds is 5. The van der Waals surface area contributed by atoms with Crippen LogP contribution < -0.4 is 5.32 Å². The minimum Gasteiger partial charge on any atom is -0.305 e. The molecule has 2 atom stereocenters. The molecule has 0 aromatic rings. The van der Waals surface area contributed by atoms with Gasteiger partial charge in [-0.15, -0.1) is 0 Å². The molecule has 0 aromatic heterocycles. The van der Waals surface area contributed by atoms with E-state index >= 15 is 0 Å². The molecule has 0 aliphatic carbocycles. The summed E-state index contributed by atoms with van der Waals surface area (Å²) in [4.78, 5) is 4.79. The molecule has 4 heteroatoms. The molecule has 92 valence electrons. The largest absolute Gasteiger partial charge is 0.305 e. The van der Waals surface area contributed by atoms with Gasteiger partial charge in [0.1, 0.15) is 0 Å². The molecule has 1 aliphatic rings. The molecule has 16 heavy (non-hydrogen) atoms. The van der Waals surface area contributed by atoms with Crippen LogP contribution in [-0.4, -0.2) is 62.7 Å². The number of piperidine rings is 1. The minimum absolute atomic E-state index is 0.0104. The summed E-state index contributed by atoms with van der Waals surface area (Å²) >= 11 is 0. The van der Waals surface area contributed by atoms with Crippen molar-refractivity contribution in [2.24, 2.45) is 0 Å². The predicted octanol–water partition coefficient (Wildman–Crippen LogP) is 0.514. The van der Waals surface area contributed by atoms with E-state index in [4.69, 9.17) is 5.26 Å². The number of hydrogen-bond donors (Lipinski definition) is 1. The molecule has 0 bridgehead atoms. The van der Waals surface area contributed by atoms with Gasteiger partial charge in [0.2, 0.25) is 0 Å². The second kappa shape index (κ2) is 6.85. The second-order valence-corrected chi connectivity index (χ2v) is 4.80. The highest BCUT2D eigenvalue weighted by Gasteiger charge is 2.21. The fourth-order valence-electron chi connectivity index (χ4n) is 2.29. The third-order valence-corrected chi connectivity index (χ3v) is 3.50. The Bertz CT molecular complexity index is 236. The first-order valence-electron chi connectivity index (χ1n) is 6.13. The van der Waals surface area contributed by atoms with Crippen molar-refractivity contribution in [3.05, 3.63) is 0 Å². The van der Waals surface area contributed by atoms with Crippen LogP contribution >= 0.6 is 0 Å². The van der Waals surface area contributed by atoms with Crippen LogP contribution in [-0.2, 0) is 0 Å². The average molecular weight is 224 g/mol. The molecule has 1 aliphatic heterocycles. The Morgan fingerprint density at radius 2 is 2.38 bits per heavy atom. The molecular weight excluding hydrogens is 200 g/mol. The van der Waals surface area contributed by atoms with Gasteiger partial charge >= 0.3 is 0 Å². The van der Waals surface area contributed by atoms with Gasteiger partial charge in [0.15, 0.2) is 0 Å². The Kier molecular flexibility index (Phi) is 5.75. The molecule has 1 saturated heterocycles. The van der Waals surface area contributed by atoms with E-state index in [0.29, 0.717) is 6.04 Å². The highest BCUT2D eigenvalue weighted by Crippen LogP contribution is 2.13. The lowest BCUT2D eigenvalue weighted by atomic mass is 10.0. The maximum atomic E-state index is 8.85. The maximum Gasteiger partial charge on any atom is 0.0962 e. The predicted molar refractivity (Wildman–Crippen MR) is 66.2 cm³/mol. The Labute approximate surface area is 99.2 Å². The Morgan fingerprint density at radius 3 is 2.94 bits per heavy atom. The quantitative estimate of drug-likeness (QED) is 0.739. The molecule has 4 nitrogen and oxygen atoms in total. The first-order chi connectivity index (χ1) is 7.67. The van der Waals surface area contributed by atoms with Crippen molar-refractivity contribution in [3.63, 3.8) is 0 Å². The highest BCUT2D eigenvalue weighted by molar-refractivity contribution is 4.89. The lowest BCUT2D eigenvalue weighted by Crippen LogP contribution is -2.46. The first-order valence-corrected chi connectivity index (χ1v) is 6.13. The molecule has 0 radical (unpaired) electrons. The molecule has 2 unspecified atom stereocenters. The van der Waals surface area contributed by atoms with Gasteiger partial charge < -0.3 is 15.1 Å². The molecule has 0 spiro atoms. The lowest BCUT2D eigenvalue weighted by molar-refractivity contribution is 0.132. The van der Waals surface area contributed by atoms with Crippen molar-refractivity contribution in [2.75, 3.05) is 40.8 Å². The fraction of sp³-hybridized carbons (Fsp3) is 0.917. The molecule has 0 saturated carbocycles. The molecule has 1 N–H and O–H groups in total. The topological polar surface area (TPSA) is 42.3 Å². The highest BCUT2D eigenvalue weighted by atomic mass is 15.2. The Balaban J connectivity index is 2.28. The van der Waals surface area contributed by atoms with Crippen LogP contribution in [0.2, 0.25) is 0 Å². The van der Waals surface area contributed by atoms with Crippen molar-refractivity contribution in [2.45, 2.75) is 31.3 Å². The lowest BCUT2D eigenvalue weighted by Gasteiger charge is -2.36. The summed E-state index contributed by atoms with van der Waals surface area (Å²) in [7, 11) is 6.21. The van der Waals surface area contributed by atoms with Gasteiger partial charge in [-0.25, -0.2) is 0 Å². The zero-order valence-corrected chi connectivity index (χ0v) is 10.7. The van der Waals surface area contributed by atoms with Gasteiger partial charge in [-0.3, -0.25) is 0 Å². The van der Waals surface area contributed by atoms with Gasteiger partial charge in [0, 0.05) is 19.1 Å². The summed E-state index contributed by atoms with van der Waals surface area (Å²) in [5.74, 6) is 0. The van der Waals surface area contributed by atoms with Crippen molar-refractivity contribution >= 4 is 0 Å². The molecule has 0 amide bonds. The molecule has 1 fully saturated rings. The van der Waals surface area contributed by atoms with Crippen LogP contribution in [0.25, 0.3) is 0 Å². The molecular formula is C12H24N4. The second-order valence-electron chi connectivity index (χ2n) is 4.80. The van der Waals surface area contributed by atoms with Crippen molar-refractivity contribution in [1.29, 1.82) is 5.26 Å². The number of nitrogens with zero attached hydrogens (tertiary/aromatic N) is 3. The zero-order chi connectivity index (χ0) is 12.0. The third kappa shape index (κ3) is 4.09. The van der Waals surface area contributed by atoms with E-state index in [0.717, 1.165) is 19.5 Å². The first kappa shape index (κ1) is 13.4. The van der Waals surface area contributed by atoms with E-state index < -0.39 is 0 Å². The molecule has 1 rings (SSSR count). The number of hydrogen-bond acceptors (Lipinski definition) is 4. The molecule has 1 heterocycles. The standard InChI is InChI=1S/C12H24N4/c1-14-11(9-13)6-8-16(3)12-5-4-7-15(2)10-12/h11-12,14H,4-8,10H2,1-3H3. The average Bonchev–Trinajstić information content (AvgIpc) is 2.30. The summed E-state index contributed by atoms with van der Waals surface area (Å²) in [5, 5.41) is 11.9. The van der Waals surface area contributed by atoms with E-state index in [1.54, 1.807) is 0 Å². The SMILES string of the molecule is CNC(C#N)CCN(C)C1CCCN(C)C1. The normalized spacial score (nSPS) is 24.3. The minimum atomic E-state index is -0.0104. The van der Waals surface area contributed by atoms with Crippen molar-refractivity contribution in [1.82, 2.24) is 15.1 Å². The fourth-order valence-corrected chi connectivity index (χ4v) is 2.29. The van der Waals surface area contributed by atoms with E-state index in [-0.39, 0.29) is 6.04 Å². The van der Waals surface area contributed by atoms with Gasteiger partial charge in [-0.2, -0.15) is 5.26 Å². The number of likely N-dealkylation sites (tertiary alicyclic amines) is 1.